The van der Waals surface area contributed by atoms with E-state index in [1.54, 1.807) is 29.2 Å². The van der Waals surface area contributed by atoms with Crippen molar-refractivity contribution in [3.8, 4) is 22.5 Å². The van der Waals surface area contributed by atoms with Crippen molar-refractivity contribution in [2.24, 2.45) is 0 Å². The van der Waals surface area contributed by atoms with Gasteiger partial charge >= 0.3 is 6.16 Å². The Hall–Kier alpha value is -5.61. The molecule has 0 atom stereocenters. The number of ether oxygens (including phenoxy) is 2. The summed E-state index contributed by atoms with van der Waals surface area (Å²) in [7, 11) is 0. The minimum atomic E-state index is -0.955. The number of anilines is 1. The maximum absolute atomic E-state index is 12.9. The van der Waals surface area contributed by atoms with E-state index in [1.165, 1.54) is 0 Å². The summed E-state index contributed by atoms with van der Waals surface area (Å²) in [6.45, 7) is 3.57. The molecule has 0 fully saturated rings. The standard InChI is InChI=1S/C33H32N8O7/c1-21-27-15-16-30(42)39(32(27)35-22(2)34-21)17-23-11-13-24(14-12-23)28-9-5-6-10-29(28)31-36-38-40(37-31)20-47-33(43)46-18-25-7-3-4-8-26(25)19-48-41(44)45/h3-14,44-45H,15-20H2,1-2H3. The Balaban J connectivity index is 1.09. The smallest absolute Gasteiger partial charge is 0.429 e. The molecule has 0 unspecified atom stereocenters. The van der Waals surface area contributed by atoms with Crippen LogP contribution in [-0.4, -0.2) is 58.0 Å². The molecule has 246 valence electrons. The number of carbonyl (C=O) groups is 2. The predicted octanol–water partition coefficient (Wildman–Crippen LogP) is 4.72. The van der Waals surface area contributed by atoms with Crippen LogP contribution in [0.1, 0.15) is 40.2 Å². The van der Waals surface area contributed by atoms with Gasteiger partial charge in [-0.1, -0.05) is 72.8 Å². The number of fused-ring (bicyclic) bond motifs is 1. The molecular weight excluding hydrogens is 620 g/mol. The molecule has 5 aromatic rings. The fraction of sp³-hybridized carbons (Fsp3) is 0.242. The maximum Gasteiger partial charge on any atom is 0.510 e. The molecule has 48 heavy (non-hydrogen) atoms. The van der Waals surface area contributed by atoms with Gasteiger partial charge in [-0.3, -0.25) is 20.1 Å². The van der Waals surface area contributed by atoms with Crippen LogP contribution in [0.4, 0.5) is 10.6 Å². The third-order valence-corrected chi connectivity index (χ3v) is 7.77. The van der Waals surface area contributed by atoms with Crippen molar-refractivity contribution in [3.05, 3.63) is 107 Å². The van der Waals surface area contributed by atoms with Crippen molar-refractivity contribution >= 4 is 17.9 Å². The second-order valence-electron chi connectivity index (χ2n) is 11.0. The topological polar surface area (TPSA) is 178 Å². The summed E-state index contributed by atoms with van der Waals surface area (Å²) in [6.07, 6.45) is 0.113. The van der Waals surface area contributed by atoms with E-state index in [0.29, 0.717) is 48.0 Å². The third kappa shape index (κ3) is 7.50. The van der Waals surface area contributed by atoms with E-state index in [-0.39, 0.29) is 25.9 Å². The number of carbonyl (C=O) groups excluding carboxylic acids is 2. The first-order valence-corrected chi connectivity index (χ1v) is 15.0. The molecule has 1 aliphatic heterocycles. The number of tetrazole rings is 1. The number of hydrogen-bond donors (Lipinski definition) is 2. The SMILES string of the molecule is Cc1nc(C)c2c(n1)N(Cc1ccc(-c3ccccc3-c3nnn(COC(=O)OCc4ccccc4CON(O)O)n3)cc1)C(=O)CC2. The Morgan fingerprint density at radius 2 is 1.58 bits per heavy atom. The Kier molecular flexibility index (Phi) is 9.73. The number of benzene rings is 3. The zero-order valence-corrected chi connectivity index (χ0v) is 26.2. The van der Waals surface area contributed by atoms with E-state index in [9.17, 15) is 9.59 Å². The van der Waals surface area contributed by atoms with Crippen LogP contribution in [-0.2, 0) is 52.0 Å². The average Bonchev–Trinajstić information content (AvgIpc) is 3.56. The number of amides is 1. The number of aromatic nitrogens is 6. The van der Waals surface area contributed by atoms with Gasteiger partial charge in [-0.2, -0.15) is 0 Å². The molecule has 3 aromatic carbocycles. The lowest BCUT2D eigenvalue weighted by Crippen LogP contribution is -2.36. The van der Waals surface area contributed by atoms with Crippen LogP contribution in [0, 0.1) is 13.8 Å². The lowest BCUT2D eigenvalue weighted by Gasteiger charge is -2.29. The van der Waals surface area contributed by atoms with Gasteiger partial charge in [-0.25, -0.2) is 19.6 Å². The van der Waals surface area contributed by atoms with Gasteiger partial charge in [0.05, 0.1) is 18.5 Å². The number of nitrogens with zero attached hydrogens (tertiary/aromatic N) is 8. The summed E-state index contributed by atoms with van der Waals surface area (Å²) < 4.78 is 10.3. The first-order valence-electron chi connectivity index (χ1n) is 15.0. The first-order chi connectivity index (χ1) is 23.2. The quantitative estimate of drug-likeness (QED) is 0.148. The van der Waals surface area contributed by atoms with Crippen LogP contribution in [0.15, 0.2) is 72.8 Å². The molecule has 15 nitrogen and oxygen atoms in total. The Bertz CT molecular complexity index is 1930. The zero-order chi connectivity index (χ0) is 33.6. The number of hydrogen-bond acceptors (Lipinski definition) is 13. The Labute approximate surface area is 274 Å². The van der Waals surface area contributed by atoms with E-state index < -0.39 is 11.5 Å². The fourth-order valence-electron chi connectivity index (χ4n) is 5.44. The summed E-state index contributed by atoms with van der Waals surface area (Å²) in [6, 6.07) is 22.4. The molecule has 6 rings (SSSR count). The molecule has 0 saturated heterocycles. The number of aryl methyl sites for hydroxylation is 2. The van der Waals surface area contributed by atoms with Crippen molar-refractivity contribution in [1.29, 1.82) is 0 Å². The molecule has 0 bridgehead atoms. The lowest BCUT2D eigenvalue weighted by atomic mass is 9.98. The molecule has 15 heteroatoms. The van der Waals surface area contributed by atoms with Gasteiger partial charge in [0.15, 0.2) is 0 Å². The Morgan fingerprint density at radius 1 is 0.875 bits per heavy atom. The maximum atomic E-state index is 12.9. The summed E-state index contributed by atoms with van der Waals surface area (Å²) in [5.41, 5.74) is 6.56. The first kappa shape index (κ1) is 32.3. The zero-order valence-electron chi connectivity index (χ0n) is 26.2. The minimum absolute atomic E-state index is 0.0375. The molecule has 2 N–H and O–H groups in total. The highest BCUT2D eigenvalue weighted by molar-refractivity contribution is 5.95. The minimum Gasteiger partial charge on any atom is -0.429 e. The van der Waals surface area contributed by atoms with Crippen molar-refractivity contribution in [2.45, 2.75) is 53.2 Å². The highest BCUT2D eigenvalue weighted by Gasteiger charge is 2.28. The summed E-state index contributed by atoms with van der Waals surface area (Å²) in [4.78, 5) is 41.7. The molecule has 0 radical (unpaired) electrons. The molecular formula is C33H32N8O7. The average molecular weight is 653 g/mol. The predicted molar refractivity (Wildman–Crippen MR) is 168 cm³/mol. The van der Waals surface area contributed by atoms with E-state index in [1.807, 2.05) is 62.4 Å². The normalized spacial score (nSPS) is 12.7. The second kappa shape index (κ2) is 14.4. The van der Waals surface area contributed by atoms with Crippen molar-refractivity contribution in [1.82, 2.24) is 35.6 Å². The highest BCUT2D eigenvalue weighted by Crippen LogP contribution is 2.32. The summed E-state index contributed by atoms with van der Waals surface area (Å²) in [5.74, 6) is 1.70. The van der Waals surface area contributed by atoms with Gasteiger partial charge < -0.3 is 9.47 Å². The molecule has 0 spiro atoms. The molecule has 0 aliphatic carbocycles. The van der Waals surface area contributed by atoms with E-state index in [4.69, 9.17) is 19.9 Å². The lowest BCUT2D eigenvalue weighted by molar-refractivity contribution is -0.497. The Morgan fingerprint density at radius 3 is 2.33 bits per heavy atom. The van der Waals surface area contributed by atoms with Crippen molar-refractivity contribution in [3.63, 3.8) is 0 Å². The van der Waals surface area contributed by atoms with Gasteiger partial charge in [0.1, 0.15) is 18.2 Å². The van der Waals surface area contributed by atoms with Gasteiger partial charge in [0.25, 0.3) is 0 Å². The van der Waals surface area contributed by atoms with Crippen LogP contribution in [0.5, 0.6) is 0 Å². The van der Waals surface area contributed by atoms with Gasteiger partial charge in [-0.15, -0.1) is 15.0 Å². The summed E-state index contributed by atoms with van der Waals surface area (Å²) >= 11 is 0. The van der Waals surface area contributed by atoms with Gasteiger partial charge in [0, 0.05) is 23.2 Å². The monoisotopic (exact) mass is 652 g/mol. The van der Waals surface area contributed by atoms with E-state index in [0.717, 1.165) is 38.3 Å². The molecule has 1 amide bonds. The molecule has 1 aliphatic rings. The van der Waals surface area contributed by atoms with Crippen LogP contribution in [0.3, 0.4) is 0 Å². The van der Waals surface area contributed by atoms with Gasteiger partial charge in [-0.05, 0) is 53.3 Å². The van der Waals surface area contributed by atoms with Crippen LogP contribution < -0.4 is 4.90 Å². The molecule has 2 aromatic heterocycles. The van der Waals surface area contributed by atoms with Crippen molar-refractivity contribution in [2.75, 3.05) is 4.90 Å². The fourth-order valence-corrected chi connectivity index (χ4v) is 5.44. The van der Waals surface area contributed by atoms with Gasteiger partial charge in [0.2, 0.25) is 18.5 Å². The van der Waals surface area contributed by atoms with Crippen LogP contribution in [0.25, 0.3) is 22.5 Å². The van der Waals surface area contributed by atoms with Crippen molar-refractivity contribution < 1.29 is 34.3 Å². The largest absolute Gasteiger partial charge is 0.510 e. The highest BCUT2D eigenvalue weighted by atomic mass is 17.1. The number of rotatable bonds is 11. The van der Waals surface area contributed by atoms with E-state index >= 15 is 0 Å². The summed E-state index contributed by atoms with van der Waals surface area (Å²) in [5, 5.41) is 29.7. The second-order valence-corrected chi connectivity index (χ2v) is 11.0. The molecule has 3 heterocycles. The van der Waals surface area contributed by atoms with Crippen LogP contribution >= 0.6 is 0 Å². The molecule has 0 saturated carbocycles. The van der Waals surface area contributed by atoms with E-state index in [2.05, 4.69) is 30.2 Å². The third-order valence-electron chi connectivity index (χ3n) is 7.77. The van der Waals surface area contributed by atoms with Crippen LogP contribution in [0.2, 0.25) is 0 Å².